The van der Waals surface area contributed by atoms with Crippen LogP contribution < -0.4 is 0 Å². The molecule has 0 bridgehead atoms. The van der Waals surface area contributed by atoms with E-state index < -0.39 is 6.10 Å². The number of rotatable bonds is 9. The highest BCUT2D eigenvalue weighted by atomic mass is 35.5. The van der Waals surface area contributed by atoms with Crippen LogP contribution in [0.5, 0.6) is 0 Å². The molecule has 0 fully saturated rings. The van der Waals surface area contributed by atoms with Crippen molar-refractivity contribution < 1.29 is 9.84 Å². The van der Waals surface area contributed by atoms with Crippen molar-refractivity contribution in [3.05, 3.63) is 64.7 Å². The Hall–Kier alpha value is -1.86. The van der Waals surface area contributed by atoms with Gasteiger partial charge in [-0.3, -0.25) is 0 Å². The first kappa shape index (κ1) is 20.9. The van der Waals surface area contributed by atoms with Gasteiger partial charge in [-0.1, -0.05) is 59.3 Å². The quantitative estimate of drug-likeness (QED) is 0.515. The summed E-state index contributed by atoms with van der Waals surface area (Å²) >= 11 is 7.36. The lowest BCUT2D eigenvalue weighted by Gasteiger charge is -2.12. The average Bonchev–Trinajstić information content (AvgIpc) is 3.11. The molecule has 0 aliphatic rings. The normalized spacial score (nSPS) is 12.3. The third kappa shape index (κ3) is 5.58. The molecular formula is C21H24ClN3O2S. The summed E-state index contributed by atoms with van der Waals surface area (Å²) in [5.74, 6) is 1.34. The van der Waals surface area contributed by atoms with Crippen LogP contribution in [0.4, 0.5) is 0 Å². The molecular weight excluding hydrogens is 394 g/mol. The molecule has 3 rings (SSSR count). The van der Waals surface area contributed by atoms with E-state index in [-0.39, 0.29) is 6.61 Å². The smallest absolute Gasteiger partial charge is 0.191 e. The number of aromatic nitrogens is 3. The highest BCUT2D eigenvalue weighted by molar-refractivity contribution is 7.99. The third-order valence-corrected chi connectivity index (χ3v) is 5.57. The summed E-state index contributed by atoms with van der Waals surface area (Å²) < 4.78 is 7.67. The van der Waals surface area contributed by atoms with E-state index >= 15 is 0 Å². The van der Waals surface area contributed by atoms with Crippen LogP contribution >= 0.6 is 23.4 Å². The molecule has 1 atom stereocenters. The lowest BCUT2D eigenvalue weighted by atomic mass is 10.1. The molecule has 0 saturated carbocycles. The minimum atomic E-state index is -0.582. The number of thioether (sulfide) groups is 1. The van der Waals surface area contributed by atoms with E-state index in [1.54, 1.807) is 0 Å². The van der Waals surface area contributed by atoms with Gasteiger partial charge in [0.15, 0.2) is 11.0 Å². The highest BCUT2D eigenvalue weighted by Gasteiger charge is 2.15. The van der Waals surface area contributed by atoms with Crippen molar-refractivity contribution in [2.45, 2.75) is 38.3 Å². The molecule has 1 heterocycles. The second-order valence-corrected chi connectivity index (χ2v) is 7.95. The van der Waals surface area contributed by atoms with Crippen molar-refractivity contribution >= 4 is 23.4 Å². The topological polar surface area (TPSA) is 60.2 Å². The molecule has 0 aliphatic carbocycles. The van der Waals surface area contributed by atoms with Crippen molar-refractivity contribution in [2.24, 2.45) is 0 Å². The number of ether oxygens (including phenoxy) is 1. The Balaban J connectivity index is 1.53. The summed E-state index contributed by atoms with van der Waals surface area (Å²) in [4.78, 5) is 0. The minimum Gasteiger partial charge on any atom is -0.390 e. The summed E-state index contributed by atoms with van der Waals surface area (Å²) in [6.45, 7) is 5.61. The number of aryl methyl sites for hydroxylation is 1. The molecule has 1 aromatic heterocycles. The first-order valence-electron chi connectivity index (χ1n) is 9.20. The summed E-state index contributed by atoms with van der Waals surface area (Å²) in [6.07, 6.45) is -0.582. The molecule has 0 aliphatic heterocycles. The summed E-state index contributed by atoms with van der Waals surface area (Å²) in [5.41, 5.74) is 3.26. The zero-order valence-corrected chi connectivity index (χ0v) is 17.6. The fraction of sp³-hybridized carbons (Fsp3) is 0.333. The molecule has 2 aromatic carbocycles. The van der Waals surface area contributed by atoms with E-state index in [1.165, 1.54) is 17.3 Å². The summed E-state index contributed by atoms with van der Waals surface area (Å²) in [5, 5.41) is 20.4. The Morgan fingerprint density at radius 3 is 2.68 bits per heavy atom. The SMILES string of the molecule is CCn1c(SCC(O)COCc2ccc(Cl)cc2)nnc1-c1cccc(C)c1. The van der Waals surface area contributed by atoms with Gasteiger partial charge >= 0.3 is 0 Å². The number of nitrogens with zero attached hydrogens (tertiary/aromatic N) is 3. The van der Waals surface area contributed by atoms with E-state index in [9.17, 15) is 5.11 Å². The molecule has 5 nitrogen and oxygen atoms in total. The molecule has 148 valence electrons. The molecule has 0 spiro atoms. The van der Waals surface area contributed by atoms with Gasteiger partial charge in [0.25, 0.3) is 0 Å². The van der Waals surface area contributed by atoms with Crippen LogP contribution in [-0.2, 0) is 17.9 Å². The van der Waals surface area contributed by atoms with Crippen LogP contribution in [0.25, 0.3) is 11.4 Å². The molecule has 28 heavy (non-hydrogen) atoms. The summed E-state index contributed by atoms with van der Waals surface area (Å²) in [7, 11) is 0. The molecule has 1 N–H and O–H groups in total. The summed E-state index contributed by atoms with van der Waals surface area (Å²) in [6, 6.07) is 15.7. The van der Waals surface area contributed by atoms with E-state index in [2.05, 4.69) is 40.7 Å². The maximum Gasteiger partial charge on any atom is 0.191 e. The van der Waals surface area contributed by atoms with Gasteiger partial charge in [0.2, 0.25) is 0 Å². The van der Waals surface area contributed by atoms with Crippen LogP contribution in [0.3, 0.4) is 0 Å². The first-order valence-corrected chi connectivity index (χ1v) is 10.6. The molecule has 0 radical (unpaired) electrons. The predicted octanol–water partition coefficient (Wildman–Crippen LogP) is 4.60. The Kier molecular flexibility index (Phi) is 7.50. The maximum absolute atomic E-state index is 10.2. The van der Waals surface area contributed by atoms with E-state index in [1.807, 2.05) is 36.4 Å². The van der Waals surface area contributed by atoms with Gasteiger partial charge in [0, 0.05) is 22.9 Å². The fourth-order valence-corrected chi connectivity index (χ4v) is 3.82. The standard InChI is InChI=1S/C21H24ClN3O2S/c1-3-25-20(17-6-4-5-15(2)11-17)23-24-21(25)28-14-19(26)13-27-12-16-7-9-18(22)10-8-16/h4-11,19,26H,3,12-14H2,1-2H3. The number of hydrogen-bond donors (Lipinski definition) is 1. The first-order chi connectivity index (χ1) is 13.6. The van der Waals surface area contributed by atoms with E-state index in [0.29, 0.717) is 17.4 Å². The molecule has 3 aromatic rings. The zero-order valence-electron chi connectivity index (χ0n) is 16.0. The van der Waals surface area contributed by atoms with Gasteiger partial charge in [0.05, 0.1) is 19.3 Å². The van der Waals surface area contributed by atoms with Gasteiger partial charge in [-0.15, -0.1) is 10.2 Å². The van der Waals surface area contributed by atoms with Crippen molar-refractivity contribution in [3.8, 4) is 11.4 Å². The molecule has 0 amide bonds. The van der Waals surface area contributed by atoms with Gasteiger partial charge in [0.1, 0.15) is 0 Å². The molecule has 7 heteroatoms. The molecule has 1 unspecified atom stereocenters. The van der Waals surface area contributed by atoms with E-state index in [4.69, 9.17) is 16.3 Å². The Labute approximate surface area is 174 Å². The van der Waals surface area contributed by atoms with Gasteiger partial charge in [-0.25, -0.2) is 0 Å². The van der Waals surface area contributed by atoms with Crippen LogP contribution in [0.1, 0.15) is 18.1 Å². The second-order valence-electron chi connectivity index (χ2n) is 6.53. The Morgan fingerprint density at radius 1 is 1.18 bits per heavy atom. The van der Waals surface area contributed by atoms with Gasteiger partial charge in [-0.05, 0) is 37.6 Å². The van der Waals surface area contributed by atoms with Gasteiger partial charge < -0.3 is 14.4 Å². The van der Waals surface area contributed by atoms with Crippen LogP contribution in [-0.4, -0.2) is 38.3 Å². The van der Waals surface area contributed by atoms with E-state index in [0.717, 1.165) is 28.7 Å². The minimum absolute atomic E-state index is 0.265. The van der Waals surface area contributed by atoms with Crippen molar-refractivity contribution in [3.63, 3.8) is 0 Å². The largest absolute Gasteiger partial charge is 0.390 e. The highest BCUT2D eigenvalue weighted by Crippen LogP contribution is 2.25. The third-order valence-electron chi connectivity index (χ3n) is 4.21. The van der Waals surface area contributed by atoms with Crippen LogP contribution in [0.15, 0.2) is 53.7 Å². The number of hydrogen-bond acceptors (Lipinski definition) is 5. The van der Waals surface area contributed by atoms with Crippen LogP contribution in [0, 0.1) is 6.92 Å². The number of aliphatic hydroxyl groups is 1. The van der Waals surface area contributed by atoms with Crippen LogP contribution in [0.2, 0.25) is 5.02 Å². The maximum atomic E-state index is 10.2. The lowest BCUT2D eigenvalue weighted by molar-refractivity contribution is 0.0397. The number of aliphatic hydroxyl groups excluding tert-OH is 1. The second kappa shape index (κ2) is 10.1. The van der Waals surface area contributed by atoms with Crippen molar-refractivity contribution in [1.82, 2.24) is 14.8 Å². The lowest BCUT2D eigenvalue weighted by Crippen LogP contribution is -2.18. The zero-order chi connectivity index (χ0) is 19.9. The Morgan fingerprint density at radius 2 is 1.96 bits per heavy atom. The molecule has 0 saturated heterocycles. The van der Waals surface area contributed by atoms with Gasteiger partial charge in [-0.2, -0.15) is 0 Å². The van der Waals surface area contributed by atoms with Crippen molar-refractivity contribution in [1.29, 1.82) is 0 Å². The fourth-order valence-electron chi connectivity index (χ4n) is 2.79. The average molecular weight is 418 g/mol. The Bertz CT molecular complexity index is 899. The number of benzene rings is 2. The number of halogens is 1. The monoisotopic (exact) mass is 417 g/mol. The van der Waals surface area contributed by atoms with Crippen molar-refractivity contribution in [2.75, 3.05) is 12.4 Å². The predicted molar refractivity (Wildman–Crippen MR) is 114 cm³/mol.